The van der Waals surface area contributed by atoms with Gasteiger partial charge in [0.05, 0.1) is 10.2 Å². The molecule has 9 nitrogen and oxygen atoms in total. The second kappa shape index (κ2) is 8.22. The van der Waals surface area contributed by atoms with Crippen molar-refractivity contribution in [1.29, 1.82) is 0 Å². The highest BCUT2D eigenvalue weighted by molar-refractivity contribution is 6.25. The van der Waals surface area contributed by atoms with Gasteiger partial charge in [0.25, 0.3) is 5.69 Å². The van der Waals surface area contributed by atoms with Crippen LogP contribution in [0.2, 0.25) is 0 Å². The third kappa shape index (κ3) is 4.03. The molecule has 0 aromatic heterocycles. The molecule has 0 heterocycles. The molecule has 0 unspecified atom stereocenters. The summed E-state index contributed by atoms with van der Waals surface area (Å²) in [5.41, 5.74) is 3.16. The molecule has 1 aliphatic carbocycles. The minimum absolute atomic E-state index is 0.0505. The average Bonchev–Trinajstić information content (AvgIpc) is 2.80. The van der Waals surface area contributed by atoms with Crippen molar-refractivity contribution in [2.45, 2.75) is 6.92 Å². The highest BCUT2D eigenvalue weighted by Gasteiger charge is 2.26. The Bertz CT molecular complexity index is 780. The van der Waals surface area contributed by atoms with Gasteiger partial charge in [0.15, 0.2) is 0 Å². The minimum Gasteiger partial charge on any atom is -0.264 e. The van der Waals surface area contributed by atoms with Crippen LogP contribution < -0.4 is 0 Å². The maximum atomic E-state index is 10.7. The van der Waals surface area contributed by atoms with E-state index in [1.165, 1.54) is 18.2 Å². The fourth-order valence-corrected chi connectivity index (χ4v) is 2.14. The molecule has 0 saturated carbocycles. The van der Waals surface area contributed by atoms with E-state index in [-0.39, 0.29) is 12.2 Å². The number of benzene rings is 1. The monoisotopic (exact) mass is 330 g/mol. The lowest BCUT2D eigenvalue weighted by Gasteiger charge is -2.00. The Labute approximate surface area is 137 Å². The number of hydrogen-bond donors (Lipinski definition) is 0. The summed E-state index contributed by atoms with van der Waals surface area (Å²) in [6, 6.07) is 4.44. The zero-order valence-electron chi connectivity index (χ0n) is 12.8. The van der Waals surface area contributed by atoms with E-state index in [4.69, 9.17) is 0 Å². The van der Waals surface area contributed by atoms with Crippen molar-refractivity contribution in [3.05, 3.63) is 85.3 Å². The van der Waals surface area contributed by atoms with Crippen LogP contribution in [0.15, 0.2) is 59.5 Å². The Morgan fingerprint density at radius 2 is 1.88 bits per heavy atom. The Morgan fingerprint density at radius 3 is 2.29 bits per heavy atom. The van der Waals surface area contributed by atoms with Crippen LogP contribution in [0, 0.1) is 25.1 Å². The van der Waals surface area contributed by atoms with E-state index in [1.807, 2.05) is 6.92 Å². The quantitative estimate of drug-likeness (QED) is 0.353. The minimum atomic E-state index is -0.493. The number of nitro groups is 2. The normalized spacial score (nSPS) is 13.6. The van der Waals surface area contributed by atoms with Crippen LogP contribution in [0.4, 0.5) is 5.69 Å². The number of non-ortho nitro benzene ring substituents is 1. The van der Waals surface area contributed by atoms with E-state index < -0.39 is 9.85 Å². The van der Waals surface area contributed by atoms with E-state index in [0.717, 1.165) is 11.1 Å². The predicted octanol–water partition coefficient (Wildman–Crippen LogP) is 3.49. The maximum Gasteiger partial charge on any atom is 0.270 e. The Balaban J connectivity index is 0.000000413. The number of nitrogens with zero attached hydrogens (tertiary/aromatic N) is 4. The summed E-state index contributed by atoms with van der Waals surface area (Å²) in [5, 5.41) is 26.1. The highest BCUT2D eigenvalue weighted by atomic mass is 16.6. The van der Waals surface area contributed by atoms with Crippen molar-refractivity contribution in [2.75, 3.05) is 6.54 Å². The molecule has 0 bridgehead atoms. The van der Waals surface area contributed by atoms with Crippen molar-refractivity contribution >= 4 is 17.0 Å². The van der Waals surface area contributed by atoms with Crippen molar-refractivity contribution in [1.82, 2.24) is 0 Å². The fraction of sp³-hybridized carbons (Fsp3) is 0.133. The third-order valence-electron chi connectivity index (χ3n) is 3.16. The zero-order valence-corrected chi connectivity index (χ0v) is 12.8. The van der Waals surface area contributed by atoms with Crippen LogP contribution in [0.1, 0.15) is 18.1 Å². The number of rotatable bonds is 5. The van der Waals surface area contributed by atoms with Crippen molar-refractivity contribution in [3.63, 3.8) is 0 Å². The number of allylic oxidation sites excluding steroid dienone is 3. The molecule has 1 aromatic rings. The van der Waals surface area contributed by atoms with Gasteiger partial charge >= 0.3 is 0 Å². The van der Waals surface area contributed by atoms with Crippen LogP contribution >= 0.6 is 0 Å². The SMILES string of the molecule is C=CC1=C(C)c2ccc([N+](=O)[O-])cc2/C1=N/N=O.C=CC[N+](=O)[O-]. The van der Waals surface area contributed by atoms with E-state index in [2.05, 4.69) is 23.5 Å². The number of fused-ring (bicyclic) bond motifs is 1. The lowest BCUT2D eigenvalue weighted by molar-refractivity contribution is -0.468. The summed E-state index contributed by atoms with van der Waals surface area (Å²) in [5.74, 6) is 0. The molecule has 9 heteroatoms. The Hall–Kier alpha value is -3.49. The molecule has 0 spiro atoms. The Kier molecular flexibility index (Phi) is 6.36. The van der Waals surface area contributed by atoms with Gasteiger partial charge in [-0.15, -0.1) is 10.0 Å². The van der Waals surface area contributed by atoms with Gasteiger partial charge in [0.1, 0.15) is 5.71 Å². The Morgan fingerprint density at radius 1 is 1.21 bits per heavy atom. The van der Waals surface area contributed by atoms with Gasteiger partial charge in [0, 0.05) is 28.2 Å². The van der Waals surface area contributed by atoms with Crippen LogP contribution in [-0.4, -0.2) is 22.1 Å². The molecule has 0 saturated heterocycles. The fourth-order valence-electron chi connectivity index (χ4n) is 2.14. The first-order valence-corrected chi connectivity index (χ1v) is 6.63. The second-order valence-corrected chi connectivity index (χ2v) is 4.56. The van der Waals surface area contributed by atoms with E-state index in [0.29, 0.717) is 16.8 Å². The van der Waals surface area contributed by atoms with Gasteiger partial charge in [0.2, 0.25) is 6.54 Å². The molecule has 1 aliphatic rings. The van der Waals surface area contributed by atoms with Gasteiger partial charge in [-0.1, -0.05) is 19.2 Å². The first-order valence-electron chi connectivity index (χ1n) is 6.63. The summed E-state index contributed by atoms with van der Waals surface area (Å²) < 4.78 is 0. The number of nitro benzene ring substituents is 1. The molecule has 0 atom stereocenters. The summed E-state index contributed by atoms with van der Waals surface area (Å²) in [6.45, 7) is 8.51. The molecule has 24 heavy (non-hydrogen) atoms. The summed E-state index contributed by atoms with van der Waals surface area (Å²) in [6.07, 6.45) is 2.81. The van der Waals surface area contributed by atoms with Gasteiger partial charge in [-0.2, -0.15) is 0 Å². The molecule has 0 aliphatic heterocycles. The molecule has 0 fully saturated rings. The molecule has 124 valence electrons. The smallest absolute Gasteiger partial charge is 0.264 e. The van der Waals surface area contributed by atoms with Crippen LogP contribution in [0.3, 0.4) is 0 Å². The molecule has 0 radical (unpaired) electrons. The topological polar surface area (TPSA) is 128 Å². The molecular formula is C15H14N4O5. The molecule has 0 amide bonds. The first-order chi connectivity index (χ1) is 11.4. The predicted molar refractivity (Wildman–Crippen MR) is 90.3 cm³/mol. The third-order valence-corrected chi connectivity index (χ3v) is 3.16. The number of hydrogen-bond acceptors (Lipinski definition) is 6. The summed E-state index contributed by atoms with van der Waals surface area (Å²) in [4.78, 5) is 29.5. The standard InChI is InChI=1S/C12H9N3O3.C3H5NO2/c1-3-9-7(2)10-5-4-8(15(17)18)6-11(10)12(9)13-14-16;1-2-3-4(5)6/h3-6H,1H2,2H3;2H,1,3H2/b13-12+;. The van der Waals surface area contributed by atoms with E-state index >= 15 is 0 Å². The summed E-state index contributed by atoms with van der Waals surface area (Å²) >= 11 is 0. The maximum absolute atomic E-state index is 10.7. The van der Waals surface area contributed by atoms with Crippen LogP contribution in [0.25, 0.3) is 5.57 Å². The zero-order chi connectivity index (χ0) is 18.3. The van der Waals surface area contributed by atoms with Crippen molar-refractivity contribution < 1.29 is 9.85 Å². The van der Waals surface area contributed by atoms with Gasteiger partial charge < -0.3 is 0 Å². The lowest BCUT2D eigenvalue weighted by atomic mass is 10.1. The summed E-state index contributed by atoms with van der Waals surface area (Å²) in [7, 11) is 0. The van der Waals surface area contributed by atoms with Gasteiger partial charge in [-0.3, -0.25) is 20.2 Å². The van der Waals surface area contributed by atoms with Crippen LogP contribution in [0.5, 0.6) is 0 Å². The van der Waals surface area contributed by atoms with Gasteiger partial charge in [-0.05, 0) is 30.2 Å². The second-order valence-electron chi connectivity index (χ2n) is 4.56. The average molecular weight is 330 g/mol. The molecule has 0 N–H and O–H groups in total. The highest BCUT2D eigenvalue weighted by Crippen LogP contribution is 2.35. The molecule has 2 rings (SSSR count). The first kappa shape index (κ1) is 18.6. The van der Waals surface area contributed by atoms with Gasteiger partial charge in [-0.25, -0.2) is 0 Å². The largest absolute Gasteiger partial charge is 0.270 e. The number of nitroso groups, excluding NO2 is 1. The molecular weight excluding hydrogens is 316 g/mol. The van der Waals surface area contributed by atoms with Crippen LogP contribution in [-0.2, 0) is 0 Å². The lowest BCUT2D eigenvalue weighted by Crippen LogP contribution is -2.00. The van der Waals surface area contributed by atoms with Crippen molar-refractivity contribution in [3.8, 4) is 0 Å². The van der Waals surface area contributed by atoms with E-state index in [1.54, 1.807) is 12.1 Å². The molecule has 1 aromatic carbocycles. The van der Waals surface area contributed by atoms with E-state index in [9.17, 15) is 25.1 Å². The van der Waals surface area contributed by atoms with Crippen molar-refractivity contribution in [2.24, 2.45) is 10.4 Å².